The molecule has 26 heavy (non-hydrogen) atoms. The molecular formula is C20H16N4O2. The minimum Gasteiger partial charge on any atom is -0.392 e. The Bertz CT molecular complexity index is 1070. The fourth-order valence-corrected chi connectivity index (χ4v) is 2.87. The first kappa shape index (κ1) is 16.0. The monoisotopic (exact) mass is 344 g/mol. The van der Waals surface area contributed by atoms with Gasteiger partial charge in [0.15, 0.2) is 5.78 Å². The Morgan fingerprint density at radius 3 is 2.73 bits per heavy atom. The van der Waals surface area contributed by atoms with E-state index in [2.05, 4.69) is 20.3 Å². The van der Waals surface area contributed by atoms with Crippen molar-refractivity contribution in [3.05, 3.63) is 83.8 Å². The Morgan fingerprint density at radius 2 is 1.92 bits per heavy atom. The van der Waals surface area contributed by atoms with Crippen LogP contribution in [-0.2, 0) is 6.61 Å². The number of nitrogens with one attached hydrogen (secondary N) is 2. The Morgan fingerprint density at radius 1 is 1.08 bits per heavy atom. The molecule has 2 aromatic carbocycles. The van der Waals surface area contributed by atoms with Gasteiger partial charge >= 0.3 is 0 Å². The summed E-state index contributed by atoms with van der Waals surface area (Å²) in [7, 11) is 0. The van der Waals surface area contributed by atoms with Crippen molar-refractivity contribution in [1.82, 2.24) is 15.0 Å². The van der Waals surface area contributed by atoms with Gasteiger partial charge < -0.3 is 15.4 Å². The lowest BCUT2D eigenvalue weighted by atomic mass is 10.0. The highest BCUT2D eigenvalue weighted by molar-refractivity contribution is 6.18. The summed E-state index contributed by atoms with van der Waals surface area (Å²) in [6.45, 7) is -0.0450. The van der Waals surface area contributed by atoms with Crippen LogP contribution in [0.15, 0.2) is 67.1 Å². The second kappa shape index (κ2) is 6.78. The quantitative estimate of drug-likeness (QED) is 0.483. The SMILES string of the molecule is O=C(c1ccccc1)c1c[nH]c2ncnc(Nc3cccc(CO)c3)c12. The number of aliphatic hydroxyl groups excluding tert-OH is 1. The van der Waals surface area contributed by atoms with Gasteiger partial charge in [-0.3, -0.25) is 4.79 Å². The zero-order valence-electron chi connectivity index (χ0n) is 13.8. The van der Waals surface area contributed by atoms with E-state index >= 15 is 0 Å². The van der Waals surface area contributed by atoms with Crippen LogP contribution in [-0.4, -0.2) is 25.8 Å². The molecule has 0 amide bonds. The maximum absolute atomic E-state index is 12.9. The number of rotatable bonds is 5. The average molecular weight is 344 g/mol. The minimum absolute atomic E-state index is 0.0450. The van der Waals surface area contributed by atoms with Gasteiger partial charge in [-0.2, -0.15) is 0 Å². The molecule has 128 valence electrons. The van der Waals surface area contributed by atoms with Crippen molar-refractivity contribution >= 4 is 28.3 Å². The molecule has 0 saturated carbocycles. The maximum Gasteiger partial charge on any atom is 0.195 e. The number of aromatic nitrogens is 3. The Hall–Kier alpha value is -3.51. The van der Waals surface area contributed by atoms with E-state index in [9.17, 15) is 9.90 Å². The van der Waals surface area contributed by atoms with E-state index in [0.29, 0.717) is 28.0 Å². The smallest absolute Gasteiger partial charge is 0.195 e. The minimum atomic E-state index is -0.0983. The van der Waals surface area contributed by atoms with Gasteiger partial charge in [0.1, 0.15) is 17.8 Å². The summed E-state index contributed by atoms with van der Waals surface area (Å²) in [6, 6.07) is 16.5. The molecule has 6 nitrogen and oxygen atoms in total. The summed E-state index contributed by atoms with van der Waals surface area (Å²) in [5, 5.41) is 13.2. The van der Waals surface area contributed by atoms with E-state index in [1.807, 2.05) is 42.5 Å². The summed E-state index contributed by atoms with van der Waals surface area (Å²) < 4.78 is 0. The number of aromatic amines is 1. The number of carbonyl (C=O) groups is 1. The summed E-state index contributed by atoms with van der Waals surface area (Å²) in [4.78, 5) is 24.5. The van der Waals surface area contributed by atoms with Crippen molar-refractivity contribution in [3.63, 3.8) is 0 Å². The third-order valence-corrected chi connectivity index (χ3v) is 4.12. The van der Waals surface area contributed by atoms with Crippen molar-refractivity contribution in [3.8, 4) is 0 Å². The first-order valence-corrected chi connectivity index (χ1v) is 8.15. The number of hydrogen-bond acceptors (Lipinski definition) is 5. The zero-order chi connectivity index (χ0) is 17.9. The van der Waals surface area contributed by atoms with Crippen LogP contribution in [0, 0.1) is 0 Å². The van der Waals surface area contributed by atoms with Crippen LogP contribution in [0.5, 0.6) is 0 Å². The van der Waals surface area contributed by atoms with Crippen LogP contribution in [0.4, 0.5) is 11.5 Å². The second-order valence-corrected chi connectivity index (χ2v) is 5.83. The number of aliphatic hydroxyl groups is 1. The highest BCUT2D eigenvalue weighted by Gasteiger charge is 2.18. The molecule has 0 bridgehead atoms. The van der Waals surface area contributed by atoms with Crippen molar-refractivity contribution in [1.29, 1.82) is 0 Å². The first-order chi connectivity index (χ1) is 12.8. The average Bonchev–Trinajstić information content (AvgIpc) is 3.13. The molecule has 0 spiro atoms. The van der Waals surface area contributed by atoms with Gasteiger partial charge in [-0.05, 0) is 17.7 Å². The fraction of sp³-hybridized carbons (Fsp3) is 0.0500. The molecule has 0 radical (unpaired) electrons. The number of benzene rings is 2. The van der Waals surface area contributed by atoms with Gasteiger partial charge in [0.25, 0.3) is 0 Å². The lowest BCUT2D eigenvalue weighted by Crippen LogP contribution is -2.02. The molecule has 0 saturated heterocycles. The number of H-pyrrole nitrogens is 1. The number of nitrogens with zero attached hydrogens (tertiary/aromatic N) is 2. The van der Waals surface area contributed by atoms with E-state index in [-0.39, 0.29) is 12.4 Å². The molecule has 0 unspecified atom stereocenters. The van der Waals surface area contributed by atoms with Crippen LogP contribution in [0.25, 0.3) is 11.0 Å². The van der Waals surface area contributed by atoms with Crippen LogP contribution in [0.1, 0.15) is 21.5 Å². The molecule has 0 aliphatic rings. The summed E-state index contributed by atoms with van der Waals surface area (Å²) >= 11 is 0. The normalized spacial score (nSPS) is 10.8. The molecule has 4 aromatic rings. The molecule has 0 atom stereocenters. The molecule has 4 rings (SSSR count). The van der Waals surface area contributed by atoms with E-state index in [1.165, 1.54) is 6.33 Å². The van der Waals surface area contributed by atoms with Gasteiger partial charge in [-0.15, -0.1) is 0 Å². The highest BCUT2D eigenvalue weighted by atomic mass is 16.3. The molecule has 2 aromatic heterocycles. The predicted octanol–water partition coefficient (Wildman–Crippen LogP) is 3.42. The van der Waals surface area contributed by atoms with E-state index < -0.39 is 0 Å². The zero-order valence-corrected chi connectivity index (χ0v) is 13.8. The van der Waals surface area contributed by atoms with E-state index in [1.54, 1.807) is 18.3 Å². The number of ketones is 1. The third-order valence-electron chi connectivity index (χ3n) is 4.12. The van der Waals surface area contributed by atoms with Crippen molar-refractivity contribution in [2.24, 2.45) is 0 Å². The Labute approximate surface area is 149 Å². The van der Waals surface area contributed by atoms with Crippen LogP contribution >= 0.6 is 0 Å². The summed E-state index contributed by atoms with van der Waals surface area (Å²) in [5.74, 6) is 0.435. The third kappa shape index (κ3) is 2.94. The first-order valence-electron chi connectivity index (χ1n) is 8.15. The van der Waals surface area contributed by atoms with Gasteiger partial charge in [-0.25, -0.2) is 9.97 Å². The van der Waals surface area contributed by atoms with Crippen molar-refractivity contribution < 1.29 is 9.90 Å². The van der Waals surface area contributed by atoms with Gasteiger partial charge in [0.2, 0.25) is 0 Å². The van der Waals surface area contributed by atoms with E-state index in [4.69, 9.17) is 0 Å². The molecule has 3 N–H and O–H groups in total. The highest BCUT2D eigenvalue weighted by Crippen LogP contribution is 2.28. The largest absolute Gasteiger partial charge is 0.392 e. The van der Waals surface area contributed by atoms with Gasteiger partial charge in [-0.1, -0.05) is 42.5 Å². The number of carbonyl (C=O) groups excluding carboxylic acids is 1. The molecule has 0 aliphatic carbocycles. The molecule has 6 heteroatoms. The molecule has 0 fully saturated rings. The van der Waals surface area contributed by atoms with Crippen LogP contribution in [0.3, 0.4) is 0 Å². The van der Waals surface area contributed by atoms with Crippen LogP contribution in [0.2, 0.25) is 0 Å². The fourth-order valence-electron chi connectivity index (χ4n) is 2.87. The number of hydrogen-bond donors (Lipinski definition) is 3. The van der Waals surface area contributed by atoms with E-state index in [0.717, 1.165) is 11.3 Å². The second-order valence-electron chi connectivity index (χ2n) is 5.83. The Kier molecular flexibility index (Phi) is 4.17. The standard InChI is InChI=1S/C20H16N4O2/c25-11-13-5-4-8-15(9-13)24-20-17-16(10-21-19(17)22-12-23-20)18(26)14-6-2-1-3-7-14/h1-10,12,25H,11H2,(H2,21,22,23,24). The summed E-state index contributed by atoms with van der Waals surface area (Å²) in [5.41, 5.74) is 3.25. The summed E-state index contributed by atoms with van der Waals surface area (Å²) in [6.07, 6.45) is 3.10. The number of fused-ring (bicyclic) bond motifs is 1. The lowest BCUT2D eigenvalue weighted by molar-refractivity contribution is 0.104. The van der Waals surface area contributed by atoms with Crippen molar-refractivity contribution in [2.45, 2.75) is 6.61 Å². The molecule has 2 heterocycles. The predicted molar refractivity (Wildman–Crippen MR) is 99.4 cm³/mol. The molecule has 0 aliphatic heterocycles. The van der Waals surface area contributed by atoms with Gasteiger partial charge in [0.05, 0.1) is 17.6 Å². The maximum atomic E-state index is 12.9. The Balaban J connectivity index is 1.78. The molecular weight excluding hydrogens is 328 g/mol. The van der Waals surface area contributed by atoms with Crippen LogP contribution < -0.4 is 5.32 Å². The number of anilines is 2. The van der Waals surface area contributed by atoms with Crippen molar-refractivity contribution in [2.75, 3.05) is 5.32 Å². The lowest BCUT2D eigenvalue weighted by Gasteiger charge is -2.09. The van der Waals surface area contributed by atoms with Gasteiger partial charge in [0, 0.05) is 17.4 Å². The topological polar surface area (TPSA) is 90.9 Å².